The van der Waals surface area contributed by atoms with Gasteiger partial charge < -0.3 is 15.4 Å². The van der Waals surface area contributed by atoms with Crippen molar-refractivity contribution in [3.05, 3.63) is 101 Å². The molecule has 1 fully saturated rings. The molecule has 164 valence electrons. The summed E-state index contributed by atoms with van der Waals surface area (Å²) in [6.07, 6.45) is 2.36. The van der Waals surface area contributed by atoms with Crippen molar-refractivity contribution < 1.29 is 18.7 Å². The van der Waals surface area contributed by atoms with Crippen molar-refractivity contribution in [2.75, 3.05) is 0 Å². The second-order valence-electron chi connectivity index (χ2n) is 7.94. The average molecular weight is 432 g/mol. The predicted octanol–water partition coefficient (Wildman–Crippen LogP) is 4.02. The number of amides is 2. The van der Waals surface area contributed by atoms with Gasteiger partial charge in [-0.2, -0.15) is 0 Å². The Kier molecular flexibility index (Phi) is 6.80. The van der Waals surface area contributed by atoms with Crippen molar-refractivity contribution in [2.24, 2.45) is 0 Å². The van der Waals surface area contributed by atoms with E-state index in [0.717, 1.165) is 24.0 Å². The summed E-state index contributed by atoms with van der Waals surface area (Å²) in [5.74, 6) is -0.301. The highest BCUT2D eigenvalue weighted by Gasteiger charge is 2.28. The number of ether oxygens (including phenoxy) is 1. The molecule has 0 bridgehead atoms. The molecule has 0 aromatic heterocycles. The highest BCUT2D eigenvalue weighted by Crippen LogP contribution is 2.19. The summed E-state index contributed by atoms with van der Waals surface area (Å²) >= 11 is 0. The Morgan fingerprint density at radius 3 is 2.41 bits per heavy atom. The van der Waals surface area contributed by atoms with Gasteiger partial charge in [0.2, 0.25) is 5.91 Å². The highest BCUT2D eigenvalue weighted by atomic mass is 19.1. The van der Waals surface area contributed by atoms with Gasteiger partial charge in [-0.3, -0.25) is 9.59 Å². The SMILES string of the molecule is O=C(NC(Cc1ccccc1)C(=O)NC1CC1)c1cccc(OCc2ccc(F)cc2)c1. The van der Waals surface area contributed by atoms with E-state index >= 15 is 0 Å². The van der Waals surface area contributed by atoms with Crippen LogP contribution in [-0.4, -0.2) is 23.9 Å². The van der Waals surface area contributed by atoms with Crippen molar-refractivity contribution in [3.63, 3.8) is 0 Å². The Labute approximate surface area is 186 Å². The third-order valence-electron chi connectivity index (χ3n) is 5.24. The van der Waals surface area contributed by atoms with Crippen LogP contribution in [0.15, 0.2) is 78.9 Å². The third kappa shape index (κ3) is 6.17. The lowest BCUT2D eigenvalue weighted by atomic mass is 10.0. The maximum absolute atomic E-state index is 13.0. The molecule has 4 rings (SSSR count). The number of hydrogen-bond donors (Lipinski definition) is 2. The molecular formula is C26H25FN2O3. The van der Waals surface area contributed by atoms with Crippen molar-refractivity contribution in [1.82, 2.24) is 10.6 Å². The van der Waals surface area contributed by atoms with Gasteiger partial charge in [0.15, 0.2) is 0 Å². The van der Waals surface area contributed by atoms with Crippen LogP contribution < -0.4 is 15.4 Å². The first-order valence-electron chi connectivity index (χ1n) is 10.7. The Morgan fingerprint density at radius 1 is 0.938 bits per heavy atom. The number of halogens is 1. The summed E-state index contributed by atoms with van der Waals surface area (Å²) < 4.78 is 18.8. The van der Waals surface area contributed by atoms with E-state index in [1.54, 1.807) is 36.4 Å². The van der Waals surface area contributed by atoms with Crippen molar-refractivity contribution >= 4 is 11.8 Å². The molecule has 1 atom stereocenters. The van der Waals surface area contributed by atoms with Crippen LogP contribution in [0.5, 0.6) is 5.75 Å². The zero-order chi connectivity index (χ0) is 22.3. The van der Waals surface area contributed by atoms with Gasteiger partial charge >= 0.3 is 0 Å². The van der Waals surface area contributed by atoms with Crippen LogP contribution in [0.1, 0.15) is 34.3 Å². The second-order valence-corrected chi connectivity index (χ2v) is 7.94. The van der Waals surface area contributed by atoms with E-state index in [1.165, 1.54) is 12.1 Å². The van der Waals surface area contributed by atoms with E-state index in [2.05, 4.69) is 10.6 Å². The van der Waals surface area contributed by atoms with Gasteiger partial charge in [0.05, 0.1) is 0 Å². The standard InChI is InChI=1S/C26H25FN2O3/c27-21-11-9-19(10-12-21)17-32-23-8-4-7-20(16-23)25(30)29-24(26(31)28-22-13-14-22)15-18-5-2-1-3-6-18/h1-12,16,22,24H,13-15,17H2,(H,28,31)(H,29,30). The van der Waals surface area contributed by atoms with Crippen LogP contribution in [0.4, 0.5) is 4.39 Å². The Bertz CT molecular complexity index is 1070. The van der Waals surface area contributed by atoms with Crippen LogP contribution in [-0.2, 0) is 17.8 Å². The zero-order valence-corrected chi connectivity index (χ0v) is 17.6. The van der Waals surface area contributed by atoms with Gasteiger partial charge in [0.1, 0.15) is 24.2 Å². The molecule has 0 radical (unpaired) electrons. The summed E-state index contributed by atoms with van der Waals surface area (Å²) in [7, 11) is 0. The van der Waals surface area contributed by atoms with Crippen molar-refractivity contribution in [3.8, 4) is 5.75 Å². The van der Waals surface area contributed by atoms with E-state index in [-0.39, 0.29) is 30.3 Å². The van der Waals surface area contributed by atoms with Gasteiger partial charge in [-0.05, 0) is 54.3 Å². The van der Waals surface area contributed by atoms with Crippen molar-refractivity contribution in [1.29, 1.82) is 0 Å². The van der Waals surface area contributed by atoms with Gasteiger partial charge in [0, 0.05) is 18.0 Å². The fraction of sp³-hybridized carbons (Fsp3) is 0.231. The highest BCUT2D eigenvalue weighted by molar-refractivity contribution is 5.98. The average Bonchev–Trinajstić information content (AvgIpc) is 3.63. The minimum absolute atomic E-state index is 0.173. The molecule has 3 aromatic carbocycles. The van der Waals surface area contributed by atoms with Gasteiger partial charge in [-0.25, -0.2) is 4.39 Å². The van der Waals surface area contributed by atoms with Crippen LogP contribution in [0.3, 0.4) is 0 Å². The lowest BCUT2D eigenvalue weighted by Crippen LogP contribution is -2.48. The summed E-state index contributed by atoms with van der Waals surface area (Å²) in [4.78, 5) is 25.7. The first kappa shape index (κ1) is 21.6. The predicted molar refractivity (Wildman–Crippen MR) is 120 cm³/mol. The Balaban J connectivity index is 1.42. The molecule has 32 heavy (non-hydrogen) atoms. The summed E-state index contributed by atoms with van der Waals surface area (Å²) in [6.45, 7) is 0.256. The molecular weight excluding hydrogens is 407 g/mol. The molecule has 3 aromatic rings. The van der Waals surface area contributed by atoms with E-state index in [4.69, 9.17) is 4.74 Å². The lowest BCUT2D eigenvalue weighted by molar-refractivity contribution is -0.123. The minimum atomic E-state index is -0.672. The molecule has 0 saturated heterocycles. The molecule has 1 aliphatic carbocycles. The minimum Gasteiger partial charge on any atom is -0.489 e. The number of benzene rings is 3. The zero-order valence-electron chi connectivity index (χ0n) is 17.6. The largest absolute Gasteiger partial charge is 0.489 e. The molecule has 1 aliphatic rings. The molecule has 1 saturated carbocycles. The summed E-state index contributed by atoms with van der Waals surface area (Å²) in [5, 5.41) is 5.85. The number of carbonyl (C=O) groups is 2. The fourth-order valence-corrected chi connectivity index (χ4v) is 3.30. The molecule has 5 nitrogen and oxygen atoms in total. The first-order chi connectivity index (χ1) is 15.6. The van der Waals surface area contributed by atoms with Crippen molar-refractivity contribution in [2.45, 2.75) is 38.0 Å². The fourth-order valence-electron chi connectivity index (χ4n) is 3.30. The number of nitrogens with one attached hydrogen (secondary N) is 2. The maximum Gasteiger partial charge on any atom is 0.252 e. The van der Waals surface area contributed by atoms with E-state index in [0.29, 0.717) is 17.7 Å². The summed E-state index contributed by atoms with van der Waals surface area (Å²) in [6, 6.07) is 22.0. The molecule has 0 heterocycles. The van der Waals surface area contributed by atoms with Crippen LogP contribution in [0, 0.1) is 5.82 Å². The molecule has 0 aliphatic heterocycles. The van der Waals surface area contributed by atoms with Gasteiger partial charge in [0.25, 0.3) is 5.91 Å². The number of rotatable bonds is 9. The van der Waals surface area contributed by atoms with E-state index in [9.17, 15) is 14.0 Å². The molecule has 0 spiro atoms. The monoisotopic (exact) mass is 432 g/mol. The van der Waals surface area contributed by atoms with Crippen LogP contribution in [0.25, 0.3) is 0 Å². The topological polar surface area (TPSA) is 67.4 Å². The number of hydrogen-bond acceptors (Lipinski definition) is 3. The maximum atomic E-state index is 13.0. The molecule has 2 amide bonds. The Morgan fingerprint density at radius 2 is 1.69 bits per heavy atom. The van der Waals surface area contributed by atoms with Gasteiger partial charge in [-0.15, -0.1) is 0 Å². The lowest BCUT2D eigenvalue weighted by Gasteiger charge is -2.19. The molecule has 6 heteroatoms. The van der Waals surface area contributed by atoms with E-state index in [1.807, 2.05) is 30.3 Å². The first-order valence-corrected chi connectivity index (χ1v) is 10.7. The number of carbonyl (C=O) groups excluding carboxylic acids is 2. The van der Waals surface area contributed by atoms with Crippen LogP contribution in [0.2, 0.25) is 0 Å². The van der Waals surface area contributed by atoms with Gasteiger partial charge in [-0.1, -0.05) is 48.5 Å². The van der Waals surface area contributed by atoms with Crippen LogP contribution >= 0.6 is 0 Å². The quantitative estimate of drug-likeness (QED) is 0.537. The second kappa shape index (κ2) is 10.1. The summed E-state index contributed by atoms with van der Waals surface area (Å²) in [5.41, 5.74) is 2.19. The molecule has 2 N–H and O–H groups in total. The van der Waals surface area contributed by atoms with E-state index < -0.39 is 6.04 Å². The normalized spacial score (nSPS) is 13.8. The third-order valence-corrected chi connectivity index (χ3v) is 5.24. The molecule has 1 unspecified atom stereocenters. The smallest absolute Gasteiger partial charge is 0.252 e. The Hall–Kier alpha value is -3.67.